The van der Waals surface area contributed by atoms with Crippen molar-refractivity contribution in [3.8, 4) is 0 Å². The maximum Gasteiger partial charge on any atom is 0.248 e. The predicted octanol–water partition coefficient (Wildman–Crippen LogP) is 1.78. The molecule has 2 fully saturated rings. The largest absolute Gasteiger partial charge is 0.366 e. The molecular formula is C14H18N2O. The van der Waals surface area contributed by atoms with Gasteiger partial charge in [-0.1, -0.05) is 18.2 Å². The van der Waals surface area contributed by atoms with Gasteiger partial charge in [0.25, 0.3) is 0 Å². The first-order valence-electron chi connectivity index (χ1n) is 6.39. The summed E-state index contributed by atoms with van der Waals surface area (Å²) in [5.74, 6) is 0.198. The van der Waals surface area contributed by atoms with Gasteiger partial charge in [0.1, 0.15) is 0 Å². The molecule has 2 aliphatic rings. The van der Waals surface area contributed by atoms with Crippen molar-refractivity contribution in [2.45, 2.75) is 43.7 Å². The molecule has 3 heteroatoms. The number of primary amides is 1. The topological polar surface area (TPSA) is 55.1 Å². The van der Waals surface area contributed by atoms with Crippen LogP contribution in [0.5, 0.6) is 0 Å². The average Bonchev–Trinajstić information content (AvgIpc) is 2.68. The molecule has 2 heterocycles. The third-order valence-corrected chi connectivity index (χ3v) is 4.14. The predicted molar refractivity (Wildman–Crippen MR) is 66.9 cm³/mol. The summed E-state index contributed by atoms with van der Waals surface area (Å²) >= 11 is 0. The van der Waals surface area contributed by atoms with Crippen LogP contribution >= 0.6 is 0 Å². The summed E-state index contributed by atoms with van der Waals surface area (Å²) < 4.78 is 0. The van der Waals surface area contributed by atoms with E-state index in [1.165, 1.54) is 12.8 Å². The molecule has 1 aromatic carbocycles. The highest BCUT2D eigenvalue weighted by molar-refractivity contribution is 5.94. The molecule has 0 saturated carbocycles. The molecule has 2 aliphatic heterocycles. The average molecular weight is 230 g/mol. The van der Waals surface area contributed by atoms with Crippen molar-refractivity contribution in [2.75, 3.05) is 0 Å². The summed E-state index contributed by atoms with van der Waals surface area (Å²) in [6, 6.07) is 9.08. The lowest BCUT2D eigenvalue weighted by molar-refractivity contribution is 0.0998. The molecule has 0 aromatic heterocycles. The zero-order valence-electron chi connectivity index (χ0n) is 9.86. The number of benzene rings is 1. The lowest BCUT2D eigenvalue weighted by atomic mass is 9.84. The molecule has 2 saturated heterocycles. The van der Waals surface area contributed by atoms with Crippen LogP contribution in [-0.4, -0.2) is 18.0 Å². The fourth-order valence-corrected chi connectivity index (χ4v) is 3.39. The van der Waals surface area contributed by atoms with Crippen LogP contribution in [0.1, 0.15) is 47.5 Å². The number of carbonyl (C=O) groups is 1. The van der Waals surface area contributed by atoms with Crippen molar-refractivity contribution >= 4 is 5.91 Å². The second-order valence-electron chi connectivity index (χ2n) is 5.26. The van der Waals surface area contributed by atoms with E-state index in [4.69, 9.17) is 5.73 Å². The lowest BCUT2D eigenvalue weighted by Crippen LogP contribution is -2.37. The van der Waals surface area contributed by atoms with E-state index >= 15 is 0 Å². The number of piperidine rings is 1. The number of hydrogen-bond acceptors (Lipinski definition) is 2. The second-order valence-corrected chi connectivity index (χ2v) is 5.26. The Balaban J connectivity index is 1.91. The van der Waals surface area contributed by atoms with E-state index < -0.39 is 0 Å². The molecule has 0 aliphatic carbocycles. The van der Waals surface area contributed by atoms with Crippen molar-refractivity contribution in [3.05, 3.63) is 35.4 Å². The summed E-state index contributed by atoms with van der Waals surface area (Å²) in [5, 5.41) is 3.62. The molecule has 90 valence electrons. The van der Waals surface area contributed by atoms with Crippen LogP contribution in [0.2, 0.25) is 0 Å². The Bertz CT molecular complexity index is 432. The molecule has 2 atom stereocenters. The number of amides is 1. The van der Waals surface area contributed by atoms with Crippen molar-refractivity contribution in [1.29, 1.82) is 0 Å². The number of hydrogen-bond donors (Lipinski definition) is 2. The molecule has 0 radical (unpaired) electrons. The van der Waals surface area contributed by atoms with Crippen LogP contribution < -0.4 is 11.1 Å². The van der Waals surface area contributed by atoms with Gasteiger partial charge in [0.05, 0.1) is 0 Å². The smallest absolute Gasteiger partial charge is 0.248 e. The number of nitrogens with one attached hydrogen (secondary N) is 1. The van der Waals surface area contributed by atoms with Crippen molar-refractivity contribution < 1.29 is 4.79 Å². The Morgan fingerprint density at radius 2 is 1.82 bits per heavy atom. The van der Waals surface area contributed by atoms with Crippen LogP contribution in [0.4, 0.5) is 0 Å². The molecule has 0 spiro atoms. The normalized spacial score (nSPS) is 31.4. The summed E-state index contributed by atoms with van der Waals surface area (Å²) in [5.41, 5.74) is 7.31. The first kappa shape index (κ1) is 10.8. The fraction of sp³-hybridized carbons (Fsp3) is 0.500. The zero-order chi connectivity index (χ0) is 11.8. The van der Waals surface area contributed by atoms with Crippen molar-refractivity contribution in [1.82, 2.24) is 5.32 Å². The van der Waals surface area contributed by atoms with E-state index in [0.29, 0.717) is 23.6 Å². The molecule has 3 N–H and O–H groups in total. The van der Waals surface area contributed by atoms with Gasteiger partial charge in [-0.05, 0) is 43.2 Å². The van der Waals surface area contributed by atoms with E-state index in [2.05, 4.69) is 11.4 Å². The van der Waals surface area contributed by atoms with Gasteiger partial charge in [0.15, 0.2) is 0 Å². The third-order valence-electron chi connectivity index (χ3n) is 4.14. The molecule has 3 rings (SSSR count). The first-order chi connectivity index (χ1) is 8.24. The van der Waals surface area contributed by atoms with Gasteiger partial charge >= 0.3 is 0 Å². The van der Waals surface area contributed by atoms with Gasteiger partial charge in [-0.25, -0.2) is 0 Å². The van der Waals surface area contributed by atoms with Crippen molar-refractivity contribution in [2.24, 2.45) is 5.73 Å². The Labute approximate surface area is 101 Å². The standard InChI is InChI=1S/C14H18N2O/c15-14(17)13-4-2-1-3-12(13)9-7-10-5-6-11(8-9)16-10/h1-4,9-11,16H,5-8H2,(H2,15,17). The monoisotopic (exact) mass is 230 g/mol. The molecule has 17 heavy (non-hydrogen) atoms. The highest BCUT2D eigenvalue weighted by Crippen LogP contribution is 2.38. The highest BCUT2D eigenvalue weighted by Gasteiger charge is 2.34. The minimum atomic E-state index is -0.300. The van der Waals surface area contributed by atoms with Gasteiger partial charge in [-0.3, -0.25) is 4.79 Å². The molecular weight excluding hydrogens is 212 g/mol. The van der Waals surface area contributed by atoms with Crippen LogP contribution in [-0.2, 0) is 0 Å². The van der Waals surface area contributed by atoms with E-state index in [0.717, 1.165) is 18.4 Å². The summed E-state index contributed by atoms with van der Waals surface area (Å²) in [4.78, 5) is 11.4. The molecule has 1 amide bonds. The second kappa shape index (κ2) is 4.15. The van der Waals surface area contributed by atoms with E-state index in [1.54, 1.807) is 0 Å². The molecule has 1 aromatic rings. The highest BCUT2D eigenvalue weighted by atomic mass is 16.1. The van der Waals surface area contributed by atoms with Gasteiger partial charge < -0.3 is 11.1 Å². The lowest BCUT2D eigenvalue weighted by Gasteiger charge is -2.30. The Morgan fingerprint density at radius 1 is 1.18 bits per heavy atom. The number of nitrogens with two attached hydrogens (primary N) is 1. The van der Waals surface area contributed by atoms with E-state index in [9.17, 15) is 4.79 Å². The Hall–Kier alpha value is -1.35. The van der Waals surface area contributed by atoms with E-state index in [1.807, 2.05) is 18.2 Å². The Kier molecular flexibility index (Phi) is 2.63. The van der Waals surface area contributed by atoms with Crippen LogP contribution in [0.3, 0.4) is 0 Å². The first-order valence-corrected chi connectivity index (χ1v) is 6.39. The quantitative estimate of drug-likeness (QED) is 0.813. The van der Waals surface area contributed by atoms with Crippen LogP contribution in [0.15, 0.2) is 24.3 Å². The maximum atomic E-state index is 11.4. The fourth-order valence-electron chi connectivity index (χ4n) is 3.39. The summed E-state index contributed by atoms with van der Waals surface area (Å²) in [6.07, 6.45) is 4.83. The molecule has 2 unspecified atom stereocenters. The minimum Gasteiger partial charge on any atom is -0.366 e. The number of rotatable bonds is 2. The van der Waals surface area contributed by atoms with Gasteiger partial charge in [-0.15, -0.1) is 0 Å². The SMILES string of the molecule is NC(=O)c1ccccc1C1CC2CCC(C1)N2. The Morgan fingerprint density at radius 3 is 2.47 bits per heavy atom. The number of carbonyl (C=O) groups excluding carboxylic acids is 1. The van der Waals surface area contributed by atoms with Gasteiger partial charge in [0.2, 0.25) is 5.91 Å². The minimum absolute atomic E-state index is 0.300. The summed E-state index contributed by atoms with van der Waals surface area (Å²) in [7, 11) is 0. The summed E-state index contributed by atoms with van der Waals surface area (Å²) in [6.45, 7) is 0. The van der Waals surface area contributed by atoms with Crippen LogP contribution in [0, 0.1) is 0 Å². The van der Waals surface area contributed by atoms with Gasteiger partial charge in [-0.2, -0.15) is 0 Å². The van der Waals surface area contributed by atoms with Crippen molar-refractivity contribution in [3.63, 3.8) is 0 Å². The maximum absolute atomic E-state index is 11.4. The zero-order valence-corrected chi connectivity index (χ0v) is 9.86. The number of fused-ring (bicyclic) bond motifs is 2. The van der Waals surface area contributed by atoms with E-state index in [-0.39, 0.29) is 5.91 Å². The molecule has 2 bridgehead atoms. The van der Waals surface area contributed by atoms with Gasteiger partial charge in [0, 0.05) is 17.6 Å². The van der Waals surface area contributed by atoms with Crippen LogP contribution in [0.25, 0.3) is 0 Å². The molecule has 3 nitrogen and oxygen atoms in total. The third kappa shape index (κ3) is 1.95.